The predicted octanol–water partition coefficient (Wildman–Crippen LogP) is 4.33. The third-order valence-electron chi connectivity index (χ3n) is 6.80. The fourth-order valence-corrected chi connectivity index (χ4v) is 5.73. The summed E-state index contributed by atoms with van der Waals surface area (Å²) in [7, 11) is -3.50. The van der Waals surface area contributed by atoms with Gasteiger partial charge in [-0.05, 0) is 64.7 Å². The summed E-state index contributed by atoms with van der Waals surface area (Å²) in [5.41, 5.74) is 0.766. The van der Waals surface area contributed by atoms with Gasteiger partial charge in [-0.2, -0.15) is 5.10 Å². The standard InChI is InChI=1S/C28H39N5O6S/c1-7-15-38-22-13-12-19(40(36,37)9-3)16-20(22)25-29-23-21(8-2)31-33(24(23)26(34)30-25)17-18-11-10-14-32(18)27(35)39-28(4,5)6/h12-13,16,18H,7-11,14-15,17H2,1-6H3,(H,29,30,34)/t18-/m0/s1. The van der Waals surface area contributed by atoms with Gasteiger partial charge in [0.25, 0.3) is 5.56 Å². The van der Waals surface area contributed by atoms with Crippen molar-refractivity contribution in [3.05, 3.63) is 34.2 Å². The molecule has 1 aliphatic heterocycles. The lowest BCUT2D eigenvalue weighted by molar-refractivity contribution is 0.0212. The van der Waals surface area contributed by atoms with E-state index in [1.54, 1.807) is 22.6 Å². The molecule has 0 unspecified atom stereocenters. The molecule has 2 aromatic heterocycles. The molecule has 0 radical (unpaired) electrons. The SMILES string of the molecule is CCCOc1ccc(S(=O)(=O)CC)cc1-c1nc2c(CC)nn(C[C@@H]3CCCN3C(=O)OC(C)(C)C)c2c(=O)[nH]1. The maximum absolute atomic E-state index is 13.5. The number of rotatable bonds is 9. The van der Waals surface area contributed by atoms with E-state index in [1.807, 2.05) is 34.6 Å². The predicted molar refractivity (Wildman–Crippen MR) is 152 cm³/mol. The van der Waals surface area contributed by atoms with E-state index < -0.39 is 21.0 Å². The topological polar surface area (TPSA) is 136 Å². The Morgan fingerprint density at radius 3 is 2.60 bits per heavy atom. The Morgan fingerprint density at radius 2 is 1.95 bits per heavy atom. The number of amides is 1. The van der Waals surface area contributed by atoms with E-state index in [1.165, 1.54) is 12.1 Å². The van der Waals surface area contributed by atoms with Crippen molar-refractivity contribution in [1.29, 1.82) is 0 Å². The molecule has 12 heteroatoms. The Kier molecular flexibility index (Phi) is 8.57. The molecule has 1 aliphatic rings. The molecule has 0 spiro atoms. The molecule has 1 fully saturated rings. The number of H-pyrrole nitrogens is 1. The smallest absolute Gasteiger partial charge is 0.410 e. The highest BCUT2D eigenvalue weighted by Crippen LogP contribution is 2.32. The number of benzene rings is 1. The maximum atomic E-state index is 13.5. The van der Waals surface area contributed by atoms with Crippen molar-refractivity contribution >= 4 is 27.0 Å². The van der Waals surface area contributed by atoms with Gasteiger partial charge in [-0.1, -0.05) is 20.8 Å². The number of aryl methyl sites for hydroxylation is 1. The zero-order valence-corrected chi connectivity index (χ0v) is 24.9. The highest BCUT2D eigenvalue weighted by atomic mass is 32.2. The Morgan fingerprint density at radius 1 is 1.20 bits per heavy atom. The number of carbonyl (C=O) groups excluding carboxylic acids is 1. The van der Waals surface area contributed by atoms with Crippen molar-refractivity contribution in [3.8, 4) is 17.1 Å². The third kappa shape index (κ3) is 6.16. The molecule has 0 aliphatic carbocycles. The van der Waals surface area contributed by atoms with E-state index in [-0.39, 0.29) is 28.6 Å². The van der Waals surface area contributed by atoms with Gasteiger partial charge < -0.3 is 19.4 Å². The van der Waals surface area contributed by atoms with Crippen molar-refractivity contribution < 1.29 is 22.7 Å². The van der Waals surface area contributed by atoms with Crippen LogP contribution in [0.1, 0.15) is 66.5 Å². The van der Waals surface area contributed by atoms with Gasteiger partial charge in [0, 0.05) is 6.54 Å². The van der Waals surface area contributed by atoms with Crippen LogP contribution in [0.3, 0.4) is 0 Å². The first-order valence-electron chi connectivity index (χ1n) is 13.9. The van der Waals surface area contributed by atoms with Gasteiger partial charge in [-0.15, -0.1) is 0 Å². The van der Waals surface area contributed by atoms with Crippen LogP contribution in [0.5, 0.6) is 5.75 Å². The zero-order valence-electron chi connectivity index (χ0n) is 24.1. The van der Waals surface area contributed by atoms with Crippen LogP contribution in [0.15, 0.2) is 27.9 Å². The van der Waals surface area contributed by atoms with E-state index in [0.29, 0.717) is 54.2 Å². The van der Waals surface area contributed by atoms with Crippen molar-refractivity contribution in [2.75, 3.05) is 18.9 Å². The molecule has 1 aromatic carbocycles. The molecule has 3 aromatic rings. The van der Waals surface area contributed by atoms with E-state index in [2.05, 4.69) is 4.98 Å². The average molecular weight is 574 g/mol. The lowest BCUT2D eigenvalue weighted by Crippen LogP contribution is -2.41. The van der Waals surface area contributed by atoms with Crippen molar-refractivity contribution in [2.24, 2.45) is 0 Å². The van der Waals surface area contributed by atoms with Crippen LogP contribution in [-0.2, 0) is 27.5 Å². The number of likely N-dealkylation sites (tertiary alicyclic amines) is 1. The van der Waals surface area contributed by atoms with E-state index in [9.17, 15) is 18.0 Å². The second-order valence-corrected chi connectivity index (χ2v) is 13.3. The monoisotopic (exact) mass is 573 g/mol. The second kappa shape index (κ2) is 11.6. The van der Waals surface area contributed by atoms with Crippen LogP contribution < -0.4 is 10.3 Å². The summed E-state index contributed by atoms with van der Waals surface area (Å²) < 4.78 is 38.4. The number of hydrogen-bond donors (Lipinski definition) is 1. The number of aromatic nitrogens is 4. The van der Waals surface area contributed by atoms with E-state index >= 15 is 0 Å². The maximum Gasteiger partial charge on any atom is 0.410 e. The number of carbonyl (C=O) groups is 1. The van der Waals surface area contributed by atoms with Gasteiger partial charge in [0.05, 0.1) is 41.1 Å². The summed E-state index contributed by atoms with van der Waals surface area (Å²) in [6.45, 7) is 12.3. The number of hydrogen-bond acceptors (Lipinski definition) is 8. The van der Waals surface area contributed by atoms with Crippen LogP contribution in [0.2, 0.25) is 0 Å². The summed E-state index contributed by atoms with van der Waals surface area (Å²) >= 11 is 0. The molecular formula is C28H39N5O6S. The highest BCUT2D eigenvalue weighted by Gasteiger charge is 2.33. The number of nitrogens with zero attached hydrogens (tertiary/aromatic N) is 4. The Hall–Kier alpha value is -3.41. The Bertz CT molecular complexity index is 1550. The first-order chi connectivity index (χ1) is 18.9. The van der Waals surface area contributed by atoms with Gasteiger partial charge in [-0.25, -0.2) is 18.2 Å². The second-order valence-electron chi connectivity index (χ2n) is 11.0. The molecule has 1 N–H and O–H groups in total. The minimum atomic E-state index is -3.50. The molecule has 0 saturated carbocycles. The molecule has 4 rings (SSSR count). The van der Waals surface area contributed by atoms with Gasteiger partial charge in [0.1, 0.15) is 22.7 Å². The Labute approximate surface area is 234 Å². The van der Waals surface area contributed by atoms with Gasteiger partial charge in [-0.3, -0.25) is 9.48 Å². The molecule has 1 saturated heterocycles. The molecule has 3 heterocycles. The molecule has 218 valence electrons. The minimum Gasteiger partial charge on any atom is -0.493 e. The Balaban J connectivity index is 1.77. The summed E-state index contributed by atoms with van der Waals surface area (Å²) in [5.74, 6) is 0.588. The number of aromatic amines is 1. The van der Waals surface area contributed by atoms with Crippen LogP contribution in [-0.4, -0.2) is 69.7 Å². The third-order valence-corrected chi connectivity index (χ3v) is 8.53. The number of fused-ring (bicyclic) bond motifs is 1. The fourth-order valence-electron chi connectivity index (χ4n) is 4.83. The molecule has 11 nitrogen and oxygen atoms in total. The number of nitrogens with one attached hydrogen (secondary N) is 1. The average Bonchev–Trinajstić information content (AvgIpc) is 3.51. The molecule has 1 atom stereocenters. The summed E-state index contributed by atoms with van der Waals surface area (Å²) in [4.78, 5) is 35.8. The molecule has 0 bridgehead atoms. The summed E-state index contributed by atoms with van der Waals surface area (Å²) in [6, 6.07) is 4.44. The fraction of sp³-hybridized carbons (Fsp3) is 0.571. The number of ether oxygens (including phenoxy) is 2. The van der Waals surface area contributed by atoms with Crippen molar-refractivity contribution in [1.82, 2.24) is 24.6 Å². The molecular weight excluding hydrogens is 534 g/mol. The molecule has 1 amide bonds. The van der Waals surface area contributed by atoms with Crippen molar-refractivity contribution in [3.63, 3.8) is 0 Å². The van der Waals surface area contributed by atoms with E-state index in [4.69, 9.17) is 19.6 Å². The summed E-state index contributed by atoms with van der Waals surface area (Å²) in [6.07, 6.45) is 2.51. The lowest BCUT2D eigenvalue weighted by atomic mass is 10.1. The van der Waals surface area contributed by atoms with E-state index in [0.717, 1.165) is 19.3 Å². The first kappa shape index (κ1) is 29.6. The summed E-state index contributed by atoms with van der Waals surface area (Å²) in [5, 5.41) is 4.71. The quantitative estimate of drug-likeness (QED) is 0.399. The largest absolute Gasteiger partial charge is 0.493 e. The van der Waals surface area contributed by atoms with Crippen molar-refractivity contribution in [2.45, 2.75) is 90.3 Å². The van der Waals surface area contributed by atoms with Crippen LogP contribution in [0, 0.1) is 0 Å². The van der Waals surface area contributed by atoms with Crippen LogP contribution >= 0.6 is 0 Å². The first-order valence-corrected chi connectivity index (χ1v) is 15.5. The van der Waals surface area contributed by atoms with Crippen LogP contribution in [0.25, 0.3) is 22.4 Å². The highest BCUT2D eigenvalue weighted by molar-refractivity contribution is 7.91. The molecule has 40 heavy (non-hydrogen) atoms. The minimum absolute atomic E-state index is 0.0567. The zero-order chi connectivity index (χ0) is 29.2. The van der Waals surface area contributed by atoms with Gasteiger partial charge in [0.2, 0.25) is 0 Å². The normalized spacial score (nSPS) is 16.1. The van der Waals surface area contributed by atoms with Crippen LogP contribution in [0.4, 0.5) is 4.79 Å². The number of sulfone groups is 1. The van der Waals surface area contributed by atoms with Gasteiger partial charge in [0.15, 0.2) is 15.4 Å². The lowest BCUT2D eigenvalue weighted by Gasteiger charge is -2.28. The van der Waals surface area contributed by atoms with Gasteiger partial charge >= 0.3 is 6.09 Å².